The zero-order valence-electron chi connectivity index (χ0n) is 7.77. The molecule has 0 aromatic rings. The molecule has 0 spiro atoms. The fraction of sp³-hybridized carbons (Fsp3) is 0.556. The van der Waals surface area contributed by atoms with E-state index in [9.17, 15) is 0 Å². The summed E-state index contributed by atoms with van der Waals surface area (Å²) in [5.74, 6) is 0.887. The van der Waals surface area contributed by atoms with Gasteiger partial charge in [0.2, 0.25) is 0 Å². The molecule has 0 heterocycles. The van der Waals surface area contributed by atoms with Gasteiger partial charge in [-0.1, -0.05) is 6.58 Å². The maximum atomic E-state index is 5.44. The van der Waals surface area contributed by atoms with Gasteiger partial charge in [-0.2, -0.15) is 0 Å². The summed E-state index contributed by atoms with van der Waals surface area (Å²) in [5.41, 5.74) is 0.943. The molecular formula is C9H17NO. The molecule has 11 heavy (non-hydrogen) atoms. The molecule has 0 aliphatic carbocycles. The Labute approximate surface area is 68.9 Å². The standard InChI is InChI=1S/C9H17NO/c1-6-9(10-5)8(4)11-7(2)3/h6-7,10H,1H2,2-5H3/b9-8-. The molecular weight excluding hydrogens is 138 g/mol. The van der Waals surface area contributed by atoms with E-state index in [0.29, 0.717) is 0 Å². The van der Waals surface area contributed by atoms with Crippen molar-refractivity contribution in [1.29, 1.82) is 0 Å². The first-order valence-corrected chi connectivity index (χ1v) is 3.79. The van der Waals surface area contributed by atoms with Crippen molar-refractivity contribution in [1.82, 2.24) is 5.32 Å². The first kappa shape index (κ1) is 10.1. The number of allylic oxidation sites excluding steroid dienone is 2. The van der Waals surface area contributed by atoms with Crippen molar-refractivity contribution in [2.24, 2.45) is 0 Å². The highest BCUT2D eigenvalue weighted by molar-refractivity contribution is 5.16. The molecule has 0 aliphatic heterocycles. The number of hydrogen-bond donors (Lipinski definition) is 1. The van der Waals surface area contributed by atoms with Crippen LogP contribution in [0.15, 0.2) is 24.1 Å². The van der Waals surface area contributed by atoms with Crippen LogP contribution >= 0.6 is 0 Å². The summed E-state index contributed by atoms with van der Waals surface area (Å²) in [4.78, 5) is 0. The van der Waals surface area contributed by atoms with E-state index in [1.807, 2.05) is 27.8 Å². The van der Waals surface area contributed by atoms with Gasteiger partial charge >= 0.3 is 0 Å². The van der Waals surface area contributed by atoms with Gasteiger partial charge in [0.05, 0.1) is 11.8 Å². The molecule has 64 valence electrons. The van der Waals surface area contributed by atoms with Crippen LogP contribution in [0.4, 0.5) is 0 Å². The lowest BCUT2D eigenvalue weighted by molar-refractivity contribution is 0.146. The molecule has 0 rings (SSSR count). The minimum absolute atomic E-state index is 0.221. The van der Waals surface area contributed by atoms with Gasteiger partial charge in [0.25, 0.3) is 0 Å². The Balaban J connectivity index is 4.23. The number of rotatable bonds is 4. The van der Waals surface area contributed by atoms with Gasteiger partial charge in [-0.15, -0.1) is 0 Å². The molecule has 0 aromatic heterocycles. The van der Waals surface area contributed by atoms with Crippen molar-refractivity contribution < 1.29 is 4.74 Å². The minimum Gasteiger partial charge on any atom is -0.494 e. The van der Waals surface area contributed by atoms with Gasteiger partial charge in [0.15, 0.2) is 0 Å². The molecule has 0 fully saturated rings. The molecule has 0 saturated carbocycles. The molecule has 0 atom stereocenters. The molecule has 2 nitrogen and oxygen atoms in total. The summed E-state index contributed by atoms with van der Waals surface area (Å²) in [7, 11) is 1.85. The summed E-state index contributed by atoms with van der Waals surface area (Å²) in [5, 5.41) is 2.99. The van der Waals surface area contributed by atoms with Crippen LogP contribution in [-0.2, 0) is 4.74 Å². The second-order valence-electron chi connectivity index (χ2n) is 2.59. The van der Waals surface area contributed by atoms with Crippen LogP contribution in [0, 0.1) is 0 Å². The highest BCUT2D eigenvalue weighted by atomic mass is 16.5. The van der Waals surface area contributed by atoms with Crippen LogP contribution in [0.5, 0.6) is 0 Å². The second kappa shape index (κ2) is 4.83. The van der Waals surface area contributed by atoms with Crippen molar-refractivity contribution in [3.8, 4) is 0 Å². The fourth-order valence-electron chi connectivity index (χ4n) is 0.839. The third kappa shape index (κ3) is 3.71. The summed E-state index contributed by atoms with van der Waals surface area (Å²) in [6.07, 6.45) is 1.97. The van der Waals surface area contributed by atoms with E-state index in [4.69, 9.17) is 4.74 Å². The number of nitrogens with one attached hydrogen (secondary N) is 1. The third-order valence-electron chi connectivity index (χ3n) is 1.27. The van der Waals surface area contributed by atoms with E-state index in [0.717, 1.165) is 11.5 Å². The van der Waals surface area contributed by atoms with Crippen LogP contribution in [0.3, 0.4) is 0 Å². The summed E-state index contributed by atoms with van der Waals surface area (Å²) in [6, 6.07) is 0. The number of hydrogen-bond acceptors (Lipinski definition) is 2. The van der Waals surface area contributed by atoms with Crippen molar-refractivity contribution in [2.45, 2.75) is 26.9 Å². The maximum absolute atomic E-state index is 5.44. The normalized spacial score (nSPS) is 12.5. The molecule has 0 radical (unpaired) electrons. The van der Waals surface area contributed by atoms with Gasteiger partial charge in [-0.25, -0.2) is 0 Å². The zero-order chi connectivity index (χ0) is 8.85. The monoisotopic (exact) mass is 155 g/mol. The van der Waals surface area contributed by atoms with Gasteiger partial charge in [-0.05, 0) is 26.8 Å². The quantitative estimate of drug-likeness (QED) is 0.495. The Kier molecular flexibility index (Phi) is 4.42. The SMILES string of the molecule is C=C/C(NC)=C(\C)OC(C)C. The Morgan fingerprint density at radius 3 is 2.36 bits per heavy atom. The van der Waals surface area contributed by atoms with Gasteiger partial charge in [0.1, 0.15) is 5.76 Å². The van der Waals surface area contributed by atoms with Crippen molar-refractivity contribution in [2.75, 3.05) is 7.05 Å². The van der Waals surface area contributed by atoms with E-state index in [1.54, 1.807) is 6.08 Å². The molecule has 0 unspecified atom stereocenters. The topological polar surface area (TPSA) is 21.3 Å². The summed E-state index contributed by atoms with van der Waals surface area (Å²) >= 11 is 0. The van der Waals surface area contributed by atoms with Gasteiger partial charge < -0.3 is 10.1 Å². The highest BCUT2D eigenvalue weighted by Crippen LogP contribution is 2.05. The number of likely N-dealkylation sites (N-methyl/N-ethyl adjacent to an activating group) is 1. The predicted octanol–water partition coefficient (Wildman–Crippen LogP) is 2.05. The highest BCUT2D eigenvalue weighted by Gasteiger charge is 1.99. The maximum Gasteiger partial charge on any atom is 0.116 e. The summed E-state index contributed by atoms with van der Waals surface area (Å²) in [6.45, 7) is 9.58. The molecule has 2 heteroatoms. The largest absolute Gasteiger partial charge is 0.494 e. The average Bonchev–Trinajstić information content (AvgIpc) is 1.88. The molecule has 0 bridgehead atoms. The first-order chi connectivity index (χ1) is 5.11. The van der Waals surface area contributed by atoms with E-state index in [1.165, 1.54) is 0 Å². The van der Waals surface area contributed by atoms with Crippen molar-refractivity contribution in [3.05, 3.63) is 24.1 Å². The molecule has 0 aromatic carbocycles. The first-order valence-electron chi connectivity index (χ1n) is 3.79. The Morgan fingerprint density at radius 2 is 2.09 bits per heavy atom. The Morgan fingerprint density at radius 1 is 1.55 bits per heavy atom. The average molecular weight is 155 g/mol. The van der Waals surface area contributed by atoms with Gasteiger partial charge in [-0.3, -0.25) is 0 Å². The van der Waals surface area contributed by atoms with Gasteiger partial charge in [0, 0.05) is 7.05 Å². The summed E-state index contributed by atoms with van der Waals surface area (Å²) < 4.78 is 5.44. The minimum atomic E-state index is 0.221. The van der Waals surface area contributed by atoms with E-state index < -0.39 is 0 Å². The van der Waals surface area contributed by atoms with Crippen LogP contribution in [0.25, 0.3) is 0 Å². The molecule has 1 N–H and O–H groups in total. The van der Waals surface area contributed by atoms with Crippen LogP contribution in [-0.4, -0.2) is 13.2 Å². The third-order valence-corrected chi connectivity index (χ3v) is 1.27. The molecule has 0 saturated heterocycles. The van der Waals surface area contributed by atoms with E-state index >= 15 is 0 Å². The lowest BCUT2D eigenvalue weighted by atomic mass is 10.3. The Bertz CT molecular complexity index is 159. The number of ether oxygens (including phenoxy) is 1. The van der Waals surface area contributed by atoms with Crippen LogP contribution in [0.2, 0.25) is 0 Å². The lowest BCUT2D eigenvalue weighted by Crippen LogP contribution is -2.10. The Hall–Kier alpha value is -0.920. The van der Waals surface area contributed by atoms with E-state index in [-0.39, 0.29) is 6.10 Å². The molecule has 0 amide bonds. The fourth-order valence-corrected chi connectivity index (χ4v) is 0.839. The second-order valence-corrected chi connectivity index (χ2v) is 2.59. The lowest BCUT2D eigenvalue weighted by Gasteiger charge is -2.12. The predicted molar refractivity (Wildman–Crippen MR) is 48.2 cm³/mol. The smallest absolute Gasteiger partial charge is 0.116 e. The van der Waals surface area contributed by atoms with Crippen LogP contribution < -0.4 is 5.32 Å². The van der Waals surface area contributed by atoms with Crippen molar-refractivity contribution in [3.63, 3.8) is 0 Å². The van der Waals surface area contributed by atoms with Crippen molar-refractivity contribution >= 4 is 0 Å². The molecule has 0 aliphatic rings. The van der Waals surface area contributed by atoms with E-state index in [2.05, 4.69) is 11.9 Å². The van der Waals surface area contributed by atoms with Crippen LogP contribution in [0.1, 0.15) is 20.8 Å². The zero-order valence-corrected chi connectivity index (χ0v) is 7.77.